The molecule has 0 saturated heterocycles. The number of nitrogens with one attached hydrogen (secondary N) is 1. The number of fused-ring (bicyclic) bond motifs is 2. The molecule has 0 saturated carbocycles. The molecule has 0 bridgehead atoms. The molecular weight excluding hydrogens is 419 g/mol. The van der Waals surface area contributed by atoms with Gasteiger partial charge in [0, 0.05) is 11.9 Å². The fraction of sp³-hybridized carbons (Fsp3) is 0.0833. The van der Waals surface area contributed by atoms with Gasteiger partial charge in [0.2, 0.25) is 0 Å². The molecule has 1 atom stereocenters. The molecule has 0 spiro atoms. The molecular formula is C24H16F3N3O2. The molecule has 0 amide bonds. The van der Waals surface area contributed by atoms with Gasteiger partial charge >= 0.3 is 11.9 Å². The average Bonchev–Trinajstić information content (AvgIpc) is 3.13. The number of hydrogen-bond acceptors (Lipinski definition) is 3. The van der Waals surface area contributed by atoms with Gasteiger partial charge in [-0.2, -0.15) is 13.2 Å². The van der Waals surface area contributed by atoms with Crippen molar-refractivity contribution in [2.45, 2.75) is 12.2 Å². The Hall–Kier alpha value is -4.07. The third-order valence-electron chi connectivity index (χ3n) is 5.57. The van der Waals surface area contributed by atoms with E-state index in [0.29, 0.717) is 22.5 Å². The number of benzene rings is 3. The summed E-state index contributed by atoms with van der Waals surface area (Å²) in [4.78, 5) is 28.9. The van der Waals surface area contributed by atoms with Gasteiger partial charge < -0.3 is 14.7 Å². The van der Waals surface area contributed by atoms with Gasteiger partial charge in [-0.15, -0.1) is 0 Å². The van der Waals surface area contributed by atoms with Gasteiger partial charge in [0.15, 0.2) is 0 Å². The largest absolute Gasteiger partial charge is 0.416 e. The van der Waals surface area contributed by atoms with Crippen LogP contribution < -0.4 is 10.6 Å². The second-order valence-corrected chi connectivity index (χ2v) is 7.44. The van der Waals surface area contributed by atoms with E-state index in [1.807, 2.05) is 30.3 Å². The van der Waals surface area contributed by atoms with Crippen molar-refractivity contribution >= 4 is 29.1 Å². The Balaban J connectivity index is 1.54. The maximum atomic E-state index is 12.9. The highest BCUT2D eigenvalue weighted by Gasteiger charge is 2.31. The monoisotopic (exact) mass is 435 g/mol. The molecule has 5 nitrogen and oxygen atoms in total. The van der Waals surface area contributed by atoms with Crippen LogP contribution in [-0.4, -0.2) is 15.8 Å². The maximum absolute atomic E-state index is 12.9. The summed E-state index contributed by atoms with van der Waals surface area (Å²) >= 11 is 0. The molecule has 4 aromatic rings. The molecule has 160 valence electrons. The molecule has 0 radical (unpaired) electrons. The highest BCUT2D eigenvalue weighted by molar-refractivity contribution is 5.80. The van der Waals surface area contributed by atoms with Crippen molar-refractivity contribution in [3.8, 4) is 5.69 Å². The lowest BCUT2D eigenvalue weighted by Crippen LogP contribution is -2.27. The summed E-state index contributed by atoms with van der Waals surface area (Å²) in [6, 6.07) is 16.6. The van der Waals surface area contributed by atoms with Crippen LogP contribution in [0, 0.1) is 0 Å². The number of aldehydes is 1. The summed E-state index contributed by atoms with van der Waals surface area (Å²) in [7, 11) is 0. The summed E-state index contributed by atoms with van der Waals surface area (Å²) in [5, 5.41) is 0. The SMILES string of the molecule is O=CC1c2ccc(-n3c(=O)[nH]c4ccccc43)cc2C=CN1c1ccc(C(F)(F)F)cc1. The number of halogens is 3. The van der Waals surface area contributed by atoms with Crippen LogP contribution in [0.25, 0.3) is 22.8 Å². The van der Waals surface area contributed by atoms with E-state index in [2.05, 4.69) is 4.98 Å². The Morgan fingerprint density at radius 3 is 2.38 bits per heavy atom. The van der Waals surface area contributed by atoms with Crippen LogP contribution in [0.5, 0.6) is 0 Å². The van der Waals surface area contributed by atoms with Crippen molar-refractivity contribution < 1.29 is 18.0 Å². The van der Waals surface area contributed by atoms with Crippen molar-refractivity contribution in [1.82, 2.24) is 9.55 Å². The number of carbonyl (C=O) groups excluding carboxylic acids is 1. The smallest absolute Gasteiger partial charge is 0.334 e. The number of nitrogens with zero attached hydrogens (tertiary/aromatic N) is 2. The fourth-order valence-electron chi connectivity index (χ4n) is 4.04. The fourth-order valence-corrected chi connectivity index (χ4v) is 4.04. The van der Waals surface area contributed by atoms with Crippen LogP contribution in [0.4, 0.5) is 18.9 Å². The van der Waals surface area contributed by atoms with Gasteiger partial charge in [0.25, 0.3) is 0 Å². The Morgan fingerprint density at radius 2 is 1.66 bits per heavy atom. The predicted octanol–water partition coefficient (Wildman–Crippen LogP) is 5.07. The zero-order valence-corrected chi connectivity index (χ0v) is 16.5. The van der Waals surface area contributed by atoms with E-state index < -0.39 is 17.8 Å². The summed E-state index contributed by atoms with van der Waals surface area (Å²) in [5.41, 5.74) is 2.97. The minimum atomic E-state index is -4.43. The lowest BCUT2D eigenvalue weighted by molar-refractivity contribution is -0.137. The van der Waals surface area contributed by atoms with E-state index in [0.717, 1.165) is 29.5 Å². The molecule has 5 rings (SSSR count). The second-order valence-electron chi connectivity index (χ2n) is 7.44. The number of carbonyl (C=O) groups is 1. The van der Waals surface area contributed by atoms with Gasteiger partial charge in [0.05, 0.1) is 22.3 Å². The van der Waals surface area contributed by atoms with Crippen LogP contribution in [-0.2, 0) is 11.0 Å². The average molecular weight is 435 g/mol. The minimum absolute atomic E-state index is 0.274. The molecule has 3 aromatic carbocycles. The van der Waals surface area contributed by atoms with Gasteiger partial charge in [-0.1, -0.05) is 18.2 Å². The molecule has 0 aliphatic carbocycles. The number of aromatic nitrogens is 2. The molecule has 1 aliphatic rings. The molecule has 8 heteroatoms. The first-order valence-electron chi connectivity index (χ1n) is 9.80. The molecule has 0 fully saturated rings. The lowest BCUT2D eigenvalue weighted by Gasteiger charge is -2.32. The van der Waals surface area contributed by atoms with E-state index in [1.165, 1.54) is 12.1 Å². The quantitative estimate of drug-likeness (QED) is 0.457. The summed E-state index contributed by atoms with van der Waals surface area (Å²) < 4.78 is 40.2. The summed E-state index contributed by atoms with van der Waals surface area (Å²) in [6.07, 6.45) is -0.247. The molecule has 32 heavy (non-hydrogen) atoms. The standard InChI is InChI=1S/C24H16F3N3O2/c25-24(26,27)16-5-7-17(8-6-16)29-12-11-15-13-18(9-10-19(15)22(29)14-31)30-21-4-2-1-3-20(21)28-23(30)32/h1-14,22H,(H,28,32). The van der Waals surface area contributed by atoms with Crippen molar-refractivity contribution in [3.63, 3.8) is 0 Å². The van der Waals surface area contributed by atoms with Crippen LogP contribution in [0.15, 0.2) is 77.7 Å². The highest BCUT2D eigenvalue weighted by atomic mass is 19.4. The topological polar surface area (TPSA) is 58.1 Å². The van der Waals surface area contributed by atoms with Gasteiger partial charge in [-0.25, -0.2) is 4.79 Å². The van der Waals surface area contributed by atoms with Crippen molar-refractivity contribution in [1.29, 1.82) is 0 Å². The third-order valence-corrected chi connectivity index (χ3v) is 5.57. The highest BCUT2D eigenvalue weighted by Crippen LogP contribution is 2.36. The first-order chi connectivity index (χ1) is 15.4. The molecule has 1 aliphatic heterocycles. The Labute approximate surface area is 180 Å². The van der Waals surface area contributed by atoms with Gasteiger partial charge in [-0.05, 0) is 65.7 Å². The van der Waals surface area contributed by atoms with Crippen LogP contribution in [0.3, 0.4) is 0 Å². The third kappa shape index (κ3) is 3.20. The number of para-hydroxylation sites is 2. The molecule has 1 aromatic heterocycles. The number of H-pyrrole nitrogens is 1. The summed E-state index contributed by atoms with van der Waals surface area (Å²) in [6.45, 7) is 0. The maximum Gasteiger partial charge on any atom is 0.416 e. The first kappa shape index (κ1) is 19.9. The molecule has 1 N–H and O–H groups in total. The number of aromatic amines is 1. The number of rotatable bonds is 3. The Kier molecular flexibility index (Phi) is 4.51. The number of alkyl halides is 3. The van der Waals surface area contributed by atoms with E-state index >= 15 is 0 Å². The van der Waals surface area contributed by atoms with E-state index in [1.54, 1.807) is 33.9 Å². The number of hydrogen-bond donors (Lipinski definition) is 1. The molecule has 1 unspecified atom stereocenters. The number of anilines is 1. The van der Waals surface area contributed by atoms with E-state index in [-0.39, 0.29) is 5.69 Å². The Morgan fingerprint density at radius 1 is 0.938 bits per heavy atom. The normalized spacial score (nSPS) is 15.7. The lowest BCUT2D eigenvalue weighted by atomic mass is 9.95. The zero-order chi connectivity index (χ0) is 22.5. The minimum Gasteiger partial charge on any atom is -0.334 e. The summed E-state index contributed by atoms with van der Waals surface area (Å²) in [5.74, 6) is 0. The number of imidazole rings is 1. The van der Waals surface area contributed by atoms with Gasteiger partial charge in [0.1, 0.15) is 12.3 Å². The second kappa shape index (κ2) is 7.26. The zero-order valence-electron chi connectivity index (χ0n) is 16.5. The predicted molar refractivity (Wildman–Crippen MR) is 116 cm³/mol. The van der Waals surface area contributed by atoms with Crippen molar-refractivity contribution in [2.75, 3.05) is 4.90 Å². The van der Waals surface area contributed by atoms with Gasteiger partial charge in [-0.3, -0.25) is 4.57 Å². The first-order valence-corrected chi connectivity index (χ1v) is 9.80. The van der Waals surface area contributed by atoms with Crippen molar-refractivity contribution in [2.24, 2.45) is 0 Å². The van der Waals surface area contributed by atoms with Crippen LogP contribution in [0.2, 0.25) is 0 Å². The van der Waals surface area contributed by atoms with E-state index in [9.17, 15) is 22.8 Å². The molecule has 2 heterocycles. The van der Waals surface area contributed by atoms with E-state index in [4.69, 9.17) is 0 Å². The Bertz CT molecular complexity index is 1420. The van der Waals surface area contributed by atoms with Crippen LogP contribution in [0.1, 0.15) is 22.7 Å². The van der Waals surface area contributed by atoms with Crippen molar-refractivity contribution in [3.05, 3.63) is 100 Å². The van der Waals surface area contributed by atoms with Crippen LogP contribution >= 0.6 is 0 Å².